The van der Waals surface area contributed by atoms with Crippen LogP contribution in [-0.4, -0.2) is 34.9 Å². The molecule has 0 spiro atoms. The van der Waals surface area contributed by atoms with Crippen molar-refractivity contribution in [2.45, 2.75) is 50.1 Å². The summed E-state index contributed by atoms with van der Waals surface area (Å²) < 4.78 is 11.0. The van der Waals surface area contributed by atoms with Crippen LogP contribution in [0.2, 0.25) is 0 Å². The van der Waals surface area contributed by atoms with Crippen molar-refractivity contribution in [3.8, 4) is 11.5 Å². The van der Waals surface area contributed by atoms with Gasteiger partial charge in [0.2, 0.25) is 0 Å². The largest absolute Gasteiger partial charge is 0.377 e. The molecule has 1 saturated heterocycles. The van der Waals surface area contributed by atoms with Gasteiger partial charge >= 0.3 is 0 Å². The minimum atomic E-state index is 0.0280. The molecule has 4 rings (SSSR count). The van der Waals surface area contributed by atoms with Gasteiger partial charge in [0.05, 0.1) is 24.4 Å². The number of aromatic nitrogens is 2. The third-order valence-corrected chi connectivity index (χ3v) is 4.87. The van der Waals surface area contributed by atoms with Gasteiger partial charge in [-0.2, -0.15) is 0 Å². The Morgan fingerprint density at radius 2 is 2.04 bits per heavy atom. The summed E-state index contributed by atoms with van der Waals surface area (Å²) >= 11 is 0. The summed E-state index contributed by atoms with van der Waals surface area (Å²) in [4.78, 5) is 4.31. The Labute approximate surface area is 136 Å². The molecule has 2 aliphatic rings. The average molecular weight is 313 g/mol. The van der Waals surface area contributed by atoms with Crippen molar-refractivity contribution >= 4 is 0 Å². The molecule has 0 unspecified atom stereocenters. The van der Waals surface area contributed by atoms with Crippen LogP contribution in [0.1, 0.15) is 37.8 Å². The number of hydrogen-bond acceptors (Lipinski definition) is 5. The summed E-state index contributed by atoms with van der Waals surface area (Å²) in [7, 11) is 0. The molecule has 2 fully saturated rings. The van der Waals surface area contributed by atoms with E-state index in [1.54, 1.807) is 6.20 Å². The second kappa shape index (κ2) is 6.42. The van der Waals surface area contributed by atoms with Crippen molar-refractivity contribution in [1.29, 1.82) is 0 Å². The smallest absolute Gasteiger partial charge is 0.185 e. The van der Waals surface area contributed by atoms with Crippen molar-refractivity contribution in [1.82, 2.24) is 15.5 Å². The number of ether oxygens (including phenoxy) is 1. The second-order valence-electron chi connectivity index (χ2n) is 6.83. The number of nitrogens with zero attached hydrogens (tertiary/aromatic N) is 2. The normalized spacial score (nSPS) is 21.0. The molecule has 0 aromatic carbocycles. The highest BCUT2D eigenvalue weighted by Crippen LogP contribution is 2.28. The Kier molecular flexibility index (Phi) is 4.14. The highest BCUT2D eigenvalue weighted by atomic mass is 16.5. The summed E-state index contributed by atoms with van der Waals surface area (Å²) in [6.45, 7) is 1.52. The van der Waals surface area contributed by atoms with Gasteiger partial charge in [-0.15, -0.1) is 0 Å². The fraction of sp³-hybridized carbons (Fsp3) is 0.556. The number of rotatable bonds is 5. The molecular weight excluding hydrogens is 290 g/mol. The van der Waals surface area contributed by atoms with Gasteiger partial charge in [0, 0.05) is 24.7 Å². The minimum Gasteiger partial charge on any atom is -0.377 e. The summed E-state index contributed by atoms with van der Waals surface area (Å²) in [6.07, 6.45) is 9.21. The molecule has 23 heavy (non-hydrogen) atoms. The lowest BCUT2D eigenvalue weighted by atomic mass is 9.87. The maximum Gasteiger partial charge on any atom is 0.185 e. The van der Waals surface area contributed by atoms with Gasteiger partial charge < -0.3 is 14.6 Å². The zero-order valence-electron chi connectivity index (χ0n) is 13.3. The third-order valence-electron chi connectivity index (χ3n) is 4.87. The maximum absolute atomic E-state index is 5.51. The maximum atomic E-state index is 5.51. The van der Waals surface area contributed by atoms with E-state index in [0.717, 1.165) is 36.8 Å². The molecule has 1 aliphatic heterocycles. The first-order valence-electron chi connectivity index (χ1n) is 8.55. The van der Waals surface area contributed by atoms with Crippen LogP contribution in [0.25, 0.3) is 11.5 Å². The van der Waals surface area contributed by atoms with E-state index in [0.29, 0.717) is 6.04 Å². The van der Waals surface area contributed by atoms with Crippen LogP contribution < -0.4 is 5.32 Å². The molecular formula is C18H23N3O2. The molecule has 3 heterocycles. The molecule has 2 aromatic heterocycles. The van der Waals surface area contributed by atoms with E-state index < -0.39 is 0 Å². The van der Waals surface area contributed by atoms with Crippen LogP contribution in [0.15, 0.2) is 35.0 Å². The lowest BCUT2D eigenvalue weighted by Crippen LogP contribution is -2.64. The molecule has 5 nitrogen and oxygen atoms in total. The molecule has 5 heteroatoms. The first-order valence-corrected chi connectivity index (χ1v) is 8.55. The Morgan fingerprint density at radius 1 is 1.17 bits per heavy atom. The van der Waals surface area contributed by atoms with Gasteiger partial charge in [0.15, 0.2) is 5.76 Å². The van der Waals surface area contributed by atoms with Crippen LogP contribution in [0.4, 0.5) is 0 Å². The van der Waals surface area contributed by atoms with E-state index in [4.69, 9.17) is 9.26 Å². The highest BCUT2D eigenvalue weighted by molar-refractivity contribution is 5.51. The molecule has 1 N–H and O–H groups in total. The first kappa shape index (κ1) is 14.8. The van der Waals surface area contributed by atoms with Crippen molar-refractivity contribution < 1.29 is 9.26 Å². The topological polar surface area (TPSA) is 60.2 Å². The van der Waals surface area contributed by atoms with Crippen LogP contribution in [-0.2, 0) is 11.2 Å². The molecule has 0 amide bonds. The molecule has 0 bridgehead atoms. The molecule has 2 aromatic rings. The van der Waals surface area contributed by atoms with Gasteiger partial charge in [-0.3, -0.25) is 4.98 Å². The van der Waals surface area contributed by atoms with Gasteiger partial charge in [-0.05, 0) is 25.0 Å². The molecule has 0 atom stereocenters. The SMILES string of the molecule is c1ccc(-c2cc(CC3(NC4CCCCC4)COC3)no2)nc1. The lowest BCUT2D eigenvalue weighted by molar-refractivity contribution is -0.0815. The Morgan fingerprint density at radius 3 is 2.74 bits per heavy atom. The van der Waals surface area contributed by atoms with E-state index >= 15 is 0 Å². The van der Waals surface area contributed by atoms with Gasteiger partial charge in [0.1, 0.15) is 5.69 Å². The van der Waals surface area contributed by atoms with Gasteiger partial charge in [-0.25, -0.2) is 0 Å². The zero-order valence-corrected chi connectivity index (χ0v) is 13.3. The van der Waals surface area contributed by atoms with Gasteiger partial charge in [-0.1, -0.05) is 30.5 Å². The summed E-state index contributed by atoms with van der Waals surface area (Å²) in [6, 6.07) is 8.42. The summed E-state index contributed by atoms with van der Waals surface area (Å²) in [5.41, 5.74) is 1.82. The van der Waals surface area contributed by atoms with Crippen molar-refractivity contribution in [3.05, 3.63) is 36.2 Å². The van der Waals surface area contributed by atoms with E-state index in [2.05, 4.69) is 15.5 Å². The van der Waals surface area contributed by atoms with E-state index in [1.165, 1.54) is 32.1 Å². The predicted octanol–water partition coefficient (Wildman–Crippen LogP) is 2.97. The first-order chi connectivity index (χ1) is 11.3. The van der Waals surface area contributed by atoms with Crippen LogP contribution in [0, 0.1) is 0 Å². The number of nitrogens with one attached hydrogen (secondary N) is 1. The quantitative estimate of drug-likeness (QED) is 0.919. The number of pyridine rings is 1. The third kappa shape index (κ3) is 3.31. The van der Waals surface area contributed by atoms with E-state index in [9.17, 15) is 0 Å². The Bertz CT molecular complexity index is 631. The fourth-order valence-electron chi connectivity index (χ4n) is 3.64. The van der Waals surface area contributed by atoms with Crippen molar-refractivity contribution in [2.75, 3.05) is 13.2 Å². The van der Waals surface area contributed by atoms with E-state index in [1.807, 2.05) is 24.3 Å². The molecule has 1 aliphatic carbocycles. The molecule has 1 saturated carbocycles. The van der Waals surface area contributed by atoms with Gasteiger partial charge in [0.25, 0.3) is 0 Å². The fourth-order valence-corrected chi connectivity index (χ4v) is 3.64. The molecule has 122 valence electrons. The lowest BCUT2D eigenvalue weighted by Gasteiger charge is -2.45. The monoisotopic (exact) mass is 313 g/mol. The second-order valence-corrected chi connectivity index (χ2v) is 6.83. The van der Waals surface area contributed by atoms with E-state index in [-0.39, 0.29) is 5.54 Å². The Balaban J connectivity index is 1.44. The Hall–Kier alpha value is -1.72. The van der Waals surface area contributed by atoms with Crippen molar-refractivity contribution in [3.63, 3.8) is 0 Å². The standard InChI is InChI=1S/C18H23N3O2/c1-2-6-14(7-3-1)20-18(12-22-13-18)11-15-10-17(23-21-15)16-8-4-5-9-19-16/h4-5,8-10,14,20H,1-3,6-7,11-13H2. The summed E-state index contributed by atoms with van der Waals surface area (Å²) in [5.74, 6) is 0.730. The highest BCUT2D eigenvalue weighted by Gasteiger charge is 2.41. The zero-order chi connectivity index (χ0) is 15.5. The van der Waals surface area contributed by atoms with Crippen LogP contribution in [0.5, 0.6) is 0 Å². The van der Waals surface area contributed by atoms with Crippen molar-refractivity contribution in [2.24, 2.45) is 0 Å². The number of hydrogen-bond donors (Lipinski definition) is 1. The summed E-state index contributed by atoms with van der Waals surface area (Å²) in [5, 5.41) is 8.09. The molecule has 0 radical (unpaired) electrons. The average Bonchev–Trinajstić information content (AvgIpc) is 3.03. The predicted molar refractivity (Wildman–Crippen MR) is 87.0 cm³/mol. The van der Waals surface area contributed by atoms with Crippen LogP contribution >= 0.6 is 0 Å². The minimum absolute atomic E-state index is 0.0280. The van der Waals surface area contributed by atoms with Crippen LogP contribution in [0.3, 0.4) is 0 Å².